The van der Waals surface area contributed by atoms with Gasteiger partial charge in [-0.25, -0.2) is 9.18 Å². The molecule has 160 valence electrons. The van der Waals surface area contributed by atoms with E-state index < -0.39 is 29.5 Å². The lowest BCUT2D eigenvalue weighted by atomic mass is 9.95. The molecule has 1 unspecified atom stereocenters. The van der Waals surface area contributed by atoms with Crippen molar-refractivity contribution in [3.05, 3.63) is 119 Å². The van der Waals surface area contributed by atoms with Crippen LogP contribution < -0.4 is 4.90 Å². The van der Waals surface area contributed by atoms with E-state index in [1.165, 1.54) is 29.2 Å². The number of halogens is 1. The number of carbonyl (C=O) groups is 2. The van der Waals surface area contributed by atoms with Crippen LogP contribution in [0.4, 0.5) is 10.1 Å². The second-order valence-electron chi connectivity index (χ2n) is 7.35. The summed E-state index contributed by atoms with van der Waals surface area (Å²) in [6.07, 6.45) is 3.87. The number of benzene rings is 3. The predicted molar refractivity (Wildman–Crippen MR) is 120 cm³/mol. The van der Waals surface area contributed by atoms with E-state index >= 15 is 0 Å². The van der Waals surface area contributed by atoms with Crippen molar-refractivity contribution >= 4 is 23.6 Å². The zero-order valence-electron chi connectivity index (χ0n) is 17.0. The van der Waals surface area contributed by atoms with Crippen molar-refractivity contribution in [2.45, 2.75) is 12.5 Å². The quantitative estimate of drug-likeness (QED) is 0.540. The molecule has 0 aromatic heterocycles. The number of hydrogen-bond donors (Lipinski definition) is 2. The summed E-state index contributed by atoms with van der Waals surface area (Å²) in [6, 6.07) is 20.5. The highest BCUT2D eigenvalue weighted by molar-refractivity contribution is 6.09. The van der Waals surface area contributed by atoms with Crippen molar-refractivity contribution in [3.63, 3.8) is 0 Å². The number of aliphatic hydroxyl groups excluding tert-OH is 1. The molecule has 32 heavy (non-hydrogen) atoms. The third-order valence-corrected chi connectivity index (χ3v) is 5.33. The lowest BCUT2D eigenvalue weighted by Crippen LogP contribution is -2.31. The Morgan fingerprint density at radius 2 is 1.72 bits per heavy atom. The molecule has 1 aliphatic rings. The van der Waals surface area contributed by atoms with Crippen LogP contribution in [0, 0.1) is 5.82 Å². The number of carbonyl (C=O) groups excluding carboxylic acids is 1. The maximum absolute atomic E-state index is 14.8. The minimum atomic E-state index is -1.15. The normalized spacial score (nSPS) is 16.2. The first-order chi connectivity index (χ1) is 15.5. The average molecular weight is 429 g/mol. The standard InChI is InChI=1S/C26H20FNO4/c27-22-15-5-4-13-20(22)23-21(14-6-10-17-8-2-1-3-9-17)24(29)25(30)28(23)19-12-7-11-18(16-19)26(31)32/h1-13,15-16,23,29H,14H2,(H,31,32)/b10-6+. The highest BCUT2D eigenvalue weighted by Crippen LogP contribution is 2.43. The molecule has 5 nitrogen and oxygen atoms in total. The van der Waals surface area contributed by atoms with Crippen LogP contribution in [0.2, 0.25) is 0 Å². The molecule has 1 amide bonds. The van der Waals surface area contributed by atoms with Crippen LogP contribution in [0.1, 0.15) is 33.9 Å². The second-order valence-corrected chi connectivity index (χ2v) is 7.35. The molecule has 2 N–H and O–H groups in total. The van der Waals surface area contributed by atoms with E-state index in [0.717, 1.165) is 5.56 Å². The molecule has 0 saturated carbocycles. The van der Waals surface area contributed by atoms with Gasteiger partial charge in [0.15, 0.2) is 5.76 Å². The van der Waals surface area contributed by atoms with Crippen molar-refractivity contribution in [3.8, 4) is 0 Å². The van der Waals surface area contributed by atoms with E-state index in [2.05, 4.69) is 0 Å². The third-order valence-electron chi connectivity index (χ3n) is 5.33. The number of nitrogens with zero attached hydrogens (tertiary/aromatic N) is 1. The number of allylic oxidation sites excluding steroid dienone is 1. The molecular formula is C26H20FNO4. The fourth-order valence-corrected chi connectivity index (χ4v) is 3.83. The van der Waals surface area contributed by atoms with E-state index in [0.29, 0.717) is 5.57 Å². The lowest BCUT2D eigenvalue weighted by Gasteiger charge is -2.27. The predicted octanol–water partition coefficient (Wildman–Crippen LogP) is 5.53. The topological polar surface area (TPSA) is 77.8 Å². The first-order valence-electron chi connectivity index (χ1n) is 10.0. The van der Waals surface area contributed by atoms with E-state index in [1.54, 1.807) is 30.3 Å². The van der Waals surface area contributed by atoms with Crippen LogP contribution in [0.5, 0.6) is 0 Å². The number of anilines is 1. The maximum Gasteiger partial charge on any atom is 0.335 e. The van der Waals surface area contributed by atoms with Crippen LogP contribution in [-0.4, -0.2) is 22.1 Å². The molecule has 0 bridgehead atoms. The Morgan fingerprint density at radius 3 is 2.44 bits per heavy atom. The van der Waals surface area contributed by atoms with Crippen LogP contribution >= 0.6 is 0 Å². The van der Waals surface area contributed by atoms with Crippen LogP contribution in [0.25, 0.3) is 6.08 Å². The van der Waals surface area contributed by atoms with Crippen molar-refractivity contribution < 1.29 is 24.2 Å². The molecule has 3 aromatic rings. The van der Waals surface area contributed by atoms with Crippen molar-refractivity contribution in [1.29, 1.82) is 0 Å². The highest BCUT2D eigenvalue weighted by atomic mass is 19.1. The van der Waals surface area contributed by atoms with Gasteiger partial charge < -0.3 is 10.2 Å². The minimum Gasteiger partial charge on any atom is -0.503 e. The monoisotopic (exact) mass is 429 g/mol. The van der Waals surface area contributed by atoms with Crippen LogP contribution in [0.3, 0.4) is 0 Å². The van der Waals surface area contributed by atoms with E-state index in [-0.39, 0.29) is 23.2 Å². The number of carboxylic acid groups (broad SMARTS) is 1. The summed E-state index contributed by atoms with van der Waals surface area (Å²) in [5, 5.41) is 20.0. The molecule has 3 aromatic carbocycles. The van der Waals surface area contributed by atoms with Crippen molar-refractivity contribution in [2.75, 3.05) is 4.90 Å². The van der Waals surface area contributed by atoms with E-state index in [4.69, 9.17) is 0 Å². The van der Waals surface area contributed by atoms with Gasteiger partial charge in [-0.1, -0.05) is 66.7 Å². The van der Waals surface area contributed by atoms with Gasteiger partial charge in [0.2, 0.25) is 0 Å². The summed E-state index contributed by atoms with van der Waals surface area (Å²) >= 11 is 0. The summed E-state index contributed by atoms with van der Waals surface area (Å²) in [4.78, 5) is 25.7. The number of aliphatic hydroxyl groups is 1. The van der Waals surface area contributed by atoms with Gasteiger partial charge in [-0.2, -0.15) is 0 Å². The van der Waals surface area contributed by atoms with Gasteiger partial charge in [-0.15, -0.1) is 0 Å². The van der Waals surface area contributed by atoms with Gasteiger partial charge >= 0.3 is 5.97 Å². The Labute approximate surface area is 184 Å². The zero-order valence-corrected chi connectivity index (χ0v) is 17.0. The molecule has 0 radical (unpaired) electrons. The molecule has 1 heterocycles. The Morgan fingerprint density at radius 1 is 1.00 bits per heavy atom. The molecule has 0 saturated heterocycles. The molecule has 0 fully saturated rings. The fourth-order valence-electron chi connectivity index (χ4n) is 3.83. The van der Waals surface area contributed by atoms with Gasteiger partial charge in [0, 0.05) is 16.8 Å². The minimum absolute atomic E-state index is 0.0144. The number of carboxylic acids is 1. The number of hydrogen-bond acceptors (Lipinski definition) is 3. The van der Waals surface area contributed by atoms with Crippen LogP contribution in [0.15, 0.2) is 96.3 Å². The van der Waals surface area contributed by atoms with Crippen molar-refractivity contribution in [1.82, 2.24) is 0 Å². The molecule has 0 spiro atoms. The van der Waals surface area contributed by atoms with E-state index in [1.807, 2.05) is 36.4 Å². The Hall–Kier alpha value is -4.19. The van der Waals surface area contributed by atoms with Crippen LogP contribution in [-0.2, 0) is 4.79 Å². The molecule has 0 aliphatic carbocycles. The highest BCUT2D eigenvalue weighted by Gasteiger charge is 2.41. The first kappa shape index (κ1) is 21.1. The smallest absolute Gasteiger partial charge is 0.335 e. The number of rotatable bonds is 6. The van der Waals surface area contributed by atoms with Gasteiger partial charge in [0.25, 0.3) is 5.91 Å². The van der Waals surface area contributed by atoms with Crippen molar-refractivity contribution in [2.24, 2.45) is 0 Å². The van der Waals surface area contributed by atoms with Gasteiger partial charge in [-0.05, 0) is 36.2 Å². The summed E-state index contributed by atoms with van der Waals surface area (Å²) in [6.45, 7) is 0. The molecule has 1 atom stereocenters. The zero-order chi connectivity index (χ0) is 22.7. The molecule has 4 rings (SSSR count). The average Bonchev–Trinajstić information content (AvgIpc) is 3.05. The summed E-state index contributed by atoms with van der Waals surface area (Å²) in [5.41, 5.74) is 1.75. The lowest BCUT2D eigenvalue weighted by molar-refractivity contribution is -0.117. The first-order valence-corrected chi connectivity index (χ1v) is 10.0. The van der Waals surface area contributed by atoms with Gasteiger partial charge in [0.05, 0.1) is 11.6 Å². The number of aromatic carboxylic acids is 1. The Kier molecular flexibility index (Phi) is 5.85. The van der Waals surface area contributed by atoms with E-state index in [9.17, 15) is 24.2 Å². The summed E-state index contributed by atoms with van der Waals surface area (Å²) in [7, 11) is 0. The fraction of sp³-hybridized carbons (Fsp3) is 0.0769. The SMILES string of the molecule is O=C(O)c1cccc(N2C(=O)C(O)=C(C/C=C/c3ccccc3)C2c2ccccc2F)c1. The molecular weight excluding hydrogens is 409 g/mol. The Balaban J connectivity index is 1.77. The summed E-state index contributed by atoms with van der Waals surface area (Å²) in [5.74, 6) is -2.84. The second kappa shape index (κ2) is 8.89. The maximum atomic E-state index is 14.8. The summed E-state index contributed by atoms with van der Waals surface area (Å²) < 4.78 is 14.8. The largest absolute Gasteiger partial charge is 0.503 e. The Bertz CT molecular complexity index is 1230. The molecule has 6 heteroatoms. The molecule has 1 aliphatic heterocycles. The van der Waals surface area contributed by atoms with Gasteiger partial charge in [0.1, 0.15) is 5.82 Å². The number of amides is 1. The van der Waals surface area contributed by atoms with Gasteiger partial charge in [-0.3, -0.25) is 9.69 Å². The third kappa shape index (κ3) is 4.03.